The first-order valence-electron chi connectivity index (χ1n) is 5.60. The van der Waals surface area contributed by atoms with Crippen molar-refractivity contribution in [2.45, 2.75) is 11.3 Å². The Balaban J connectivity index is 2.08. The topological polar surface area (TPSA) is 98.6 Å². The van der Waals surface area contributed by atoms with Crippen molar-refractivity contribution in [2.75, 3.05) is 6.54 Å². The molecule has 2 N–H and O–H groups in total. The molecule has 6 nitrogen and oxygen atoms in total. The Kier molecular flexibility index (Phi) is 3.94. The van der Waals surface area contributed by atoms with E-state index in [1.165, 1.54) is 12.1 Å². The molecule has 98 valence electrons. The Hall–Kier alpha value is -2.17. The maximum atomic E-state index is 12.0. The number of rotatable bonds is 5. The molecule has 0 radical (unpaired) electrons. The Morgan fingerprint density at radius 1 is 1.37 bits per heavy atom. The lowest BCUT2D eigenvalue weighted by Crippen LogP contribution is -2.26. The molecule has 0 saturated heterocycles. The van der Waals surface area contributed by atoms with Gasteiger partial charge in [0.2, 0.25) is 10.0 Å². The Labute approximate surface area is 111 Å². The van der Waals surface area contributed by atoms with Crippen LogP contribution in [0.5, 0.6) is 0 Å². The van der Waals surface area contributed by atoms with Gasteiger partial charge in [-0.25, -0.2) is 18.1 Å². The maximum absolute atomic E-state index is 12.0. The summed E-state index contributed by atoms with van der Waals surface area (Å²) in [6.45, 7) is 0.218. The number of hydrogen-bond donors (Lipinski definition) is 2. The van der Waals surface area contributed by atoms with Gasteiger partial charge in [0.1, 0.15) is 11.9 Å². The summed E-state index contributed by atoms with van der Waals surface area (Å²) in [6, 6.07) is 7.96. The number of aromatic amines is 1. The molecule has 0 bridgehead atoms. The molecule has 2 rings (SSSR count). The minimum Gasteiger partial charge on any atom is -0.349 e. The zero-order chi connectivity index (χ0) is 13.7. The van der Waals surface area contributed by atoms with E-state index < -0.39 is 10.0 Å². The van der Waals surface area contributed by atoms with Crippen molar-refractivity contribution in [1.29, 1.82) is 5.26 Å². The number of sulfonamides is 1. The first-order chi connectivity index (χ1) is 9.13. The van der Waals surface area contributed by atoms with Crippen LogP contribution >= 0.6 is 0 Å². The fourth-order valence-electron chi connectivity index (χ4n) is 1.61. The summed E-state index contributed by atoms with van der Waals surface area (Å²) < 4.78 is 26.5. The molecule has 0 atom stereocenters. The highest BCUT2D eigenvalue weighted by molar-refractivity contribution is 7.89. The van der Waals surface area contributed by atoms with Gasteiger partial charge in [-0.1, -0.05) is 12.1 Å². The van der Waals surface area contributed by atoms with Crippen LogP contribution in [0, 0.1) is 11.3 Å². The number of benzene rings is 1. The van der Waals surface area contributed by atoms with Crippen molar-refractivity contribution in [3.8, 4) is 6.07 Å². The Morgan fingerprint density at radius 3 is 2.84 bits per heavy atom. The number of nitrogens with zero attached hydrogens (tertiary/aromatic N) is 2. The summed E-state index contributed by atoms with van der Waals surface area (Å²) >= 11 is 0. The molecule has 0 spiro atoms. The first kappa shape index (κ1) is 13.3. The van der Waals surface area contributed by atoms with Gasteiger partial charge in [-0.3, -0.25) is 0 Å². The Bertz CT molecular complexity index is 687. The van der Waals surface area contributed by atoms with E-state index in [0.29, 0.717) is 12.2 Å². The van der Waals surface area contributed by atoms with Crippen LogP contribution in [0.25, 0.3) is 0 Å². The molecule has 0 saturated carbocycles. The summed E-state index contributed by atoms with van der Waals surface area (Å²) in [5.74, 6) is 0.705. The maximum Gasteiger partial charge on any atom is 0.241 e. The molecule has 1 heterocycles. The molecule has 19 heavy (non-hydrogen) atoms. The summed E-state index contributed by atoms with van der Waals surface area (Å²) in [5.41, 5.74) is 0.132. The first-order valence-corrected chi connectivity index (χ1v) is 7.09. The lowest BCUT2D eigenvalue weighted by atomic mass is 10.2. The third-order valence-electron chi connectivity index (χ3n) is 2.51. The number of H-pyrrole nitrogens is 1. The fourth-order valence-corrected chi connectivity index (χ4v) is 2.80. The second-order valence-electron chi connectivity index (χ2n) is 3.79. The summed E-state index contributed by atoms with van der Waals surface area (Å²) in [5, 5.41) is 8.90. The smallest absolute Gasteiger partial charge is 0.241 e. The van der Waals surface area contributed by atoms with Gasteiger partial charge in [0.05, 0.1) is 10.5 Å². The highest BCUT2D eigenvalue weighted by Crippen LogP contribution is 2.13. The summed E-state index contributed by atoms with van der Waals surface area (Å²) in [7, 11) is -3.67. The average molecular weight is 276 g/mol. The molecule has 0 unspecified atom stereocenters. The normalized spacial score (nSPS) is 11.1. The molecule has 0 aliphatic heterocycles. The number of imidazole rings is 1. The predicted molar refractivity (Wildman–Crippen MR) is 68.6 cm³/mol. The third kappa shape index (κ3) is 3.19. The van der Waals surface area contributed by atoms with Gasteiger partial charge in [-0.05, 0) is 12.1 Å². The van der Waals surface area contributed by atoms with Crippen molar-refractivity contribution < 1.29 is 8.42 Å². The molecule has 1 aromatic carbocycles. The van der Waals surface area contributed by atoms with Gasteiger partial charge >= 0.3 is 0 Å². The minimum absolute atomic E-state index is 0.00283. The van der Waals surface area contributed by atoms with Crippen molar-refractivity contribution >= 4 is 10.0 Å². The number of aromatic nitrogens is 2. The van der Waals surface area contributed by atoms with Crippen molar-refractivity contribution in [2.24, 2.45) is 0 Å². The lowest BCUT2D eigenvalue weighted by Gasteiger charge is -2.07. The summed E-state index contributed by atoms with van der Waals surface area (Å²) in [4.78, 5) is 6.88. The van der Waals surface area contributed by atoms with E-state index in [-0.39, 0.29) is 17.0 Å². The van der Waals surface area contributed by atoms with Crippen LogP contribution in [0.15, 0.2) is 41.6 Å². The van der Waals surface area contributed by atoms with Gasteiger partial charge in [0.15, 0.2) is 0 Å². The third-order valence-corrected chi connectivity index (χ3v) is 4.02. The van der Waals surface area contributed by atoms with E-state index in [1.807, 2.05) is 6.07 Å². The number of nitriles is 1. The van der Waals surface area contributed by atoms with Gasteiger partial charge in [-0.2, -0.15) is 5.26 Å². The van der Waals surface area contributed by atoms with E-state index in [2.05, 4.69) is 14.7 Å². The van der Waals surface area contributed by atoms with E-state index in [0.717, 1.165) is 0 Å². The SMILES string of the molecule is N#Cc1ccccc1S(=O)(=O)NCCc1ncc[nH]1. The molecule has 0 amide bonds. The highest BCUT2D eigenvalue weighted by atomic mass is 32.2. The Morgan fingerprint density at radius 2 is 2.16 bits per heavy atom. The number of hydrogen-bond acceptors (Lipinski definition) is 4. The molecule has 0 aliphatic carbocycles. The van der Waals surface area contributed by atoms with Crippen LogP contribution in [0.3, 0.4) is 0 Å². The van der Waals surface area contributed by atoms with Crippen LogP contribution in [-0.4, -0.2) is 24.9 Å². The zero-order valence-electron chi connectivity index (χ0n) is 10.00. The van der Waals surface area contributed by atoms with E-state index in [4.69, 9.17) is 5.26 Å². The van der Waals surface area contributed by atoms with Crippen LogP contribution in [0.1, 0.15) is 11.4 Å². The molecule has 7 heteroatoms. The fraction of sp³-hybridized carbons (Fsp3) is 0.167. The monoisotopic (exact) mass is 276 g/mol. The van der Waals surface area contributed by atoms with Crippen molar-refractivity contribution in [1.82, 2.24) is 14.7 Å². The van der Waals surface area contributed by atoms with Crippen molar-refractivity contribution in [3.05, 3.63) is 48.0 Å². The molecule has 0 aliphatic rings. The lowest BCUT2D eigenvalue weighted by molar-refractivity contribution is 0.580. The second-order valence-corrected chi connectivity index (χ2v) is 5.53. The number of nitrogens with one attached hydrogen (secondary N) is 2. The molecular formula is C12H12N4O2S. The van der Waals surface area contributed by atoms with Gasteiger partial charge in [0, 0.05) is 25.4 Å². The van der Waals surface area contributed by atoms with Gasteiger partial charge < -0.3 is 4.98 Å². The minimum atomic E-state index is -3.67. The quantitative estimate of drug-likeness (QED) is 0.843. The van der Waals surface area contributed by atoms with Crippen molar-refractivity contribution in [3.63, 3.8) is 0 Å². The predicted octanol–water partition coefficient (Wildman–Crippen LogP) is 0.802. The molecule has 0 fully saturated rings. The average Bonchev–Trinajstić information content (AvgIpc) is 2.91. The second kappa shape index (κ2) is 5.65. The van der Waals surface area contributed by atoms with Gasteiger partial charge in [0.25, 0.3) is 0 Å². The summed E-state index contributed by atoms with van der Waals surface area (Å²) in [6.07, 6.45) is 3.74. The van der Waals surface area contributed by atoms with E-state index >= 15 is 0 Å². The van der Waals surface area contributed by atoms with E-state index in [9.17, 15) is 8.42 Å². The van der Waals surface area contributed by atoms with Crippen LogP contribution in [0.4, 0.5) is 0 Å². The standard InChI is InChI=1S/C12H12N4O2S/c13-9-10-3-1-2-4-11(10)19(17,18)16-6-5-12-14-7-8-15-12/h1-4,7-8,16H,5-6H2,(H,14,15). The van der Waals surface area contributed by atoms with Crippen LogP contribution < -0.4 is 4.72 Å². The molecule has 2 aromatic rings. The highest BCUT2D eigenvalue weighted by Gasteiger charge is 2.17. The molecular weight excluding hydrogens is 264 g/mol. The van der Waals surface area contributed by atoms with Crippen LogP contribution in [-0.2, 0) is 16.4 Å². The van der Waals surface area contributed by atoms with Crippen LogP contribution in [0.2, 0.25) is 0 Å². The molecule has 1 aromatic heterocycles. The van der Waals surface area contributed by atoms with Gasteiger partial charge in [-0.15, -0.1) is 0 Å². The zero-order valence-corrected chi connectivity index (χ0v) is 10.8. The van der Waals surface area contributed by atoms with E-state index in [1.54, 1.807) is 24.5 Å². The largest absolute Gasteiger partial charge is 0.349 e.